The van der Waals surface area contributed by atoms with E-state index in [0.717, 1.165) is 11.3 Å². The van der Waals surface area contributed by atoms with Crippen LogP contribution in [0.4, 0.5) is 4.39 Å². The largest absolute Gasteiger partial charge is 0.456 e. The SMILES string of the molecule is CN(CCCC(=O)OCc1nc(-c2ccc(F)cc2)no1)S(=O)(=O)c1cccs1. The molecule has 0 atom stereocenters. The number of hydrogen-bond donors (Lipinski definition) is 0. The highest BCUT2D eigenvalue weighted by molar-refractivity contribution is 7.91. The molecule has 3 aromatic rings. The molecular formula is C18H18FN3O5S2. The van der Waals surface area contributed by atoms with E-state index in [1.165, 1.54) is 41.7 Å². The predicted molar refractivity (Wildman–Crippen MR) is 103 cm³/mol. The van der Waals surface area contributed by atoms with Crippen LogP contribution in [0.2, 0.25) is 0 Å². The van der Waals surface area contributed by atoms with Gasteiger partial charge in [0, 0.05) is 25.6 Å². The quantitative estimate of drug-likeness (QED) is 0.472. The van der Waals surface area contributed by atoms with Gasteiger partial charge in [-0.2, -0.15) is 4.98 Å². The highest BCUT2D eigenvalue weighted by atomic mass is 32.2. The number of carbonyl (C=O) groups is 1. The maximum atomic E-state index is 12.9. The topological polar surface area (TPSA) is 103 Å². The number of halogens is 1. The summed E-state index contributed by atoms with van der Waals surface area (Å²) in [6.07, 6.45) is 0.355. The van der Waals surface area contributed by atoms with E-state index in [2.05, 4.69) is 10.1 Å². The van der Waals surface area contributed by atoms with Crippen LogP contribution >= 0.6 is 11.3 Å². The van der Waals surface area contributed by atoms with Crippen molar-refractivity contribution in [1.82, 2.24) is 14.4 Å². The van der Waals surface area contributed by atoms with E-state index in [1.54, 1.807) is 11.4 Å². The van der Waals surface area contributed by atoms with Crippen LogP contribution in [0.3, 0.4) is 0 Å². The van der Waals surface area contributed by atoms with E-state index in [0.29, 0.717) is 12.0 Å². The van der Waals surface area contributed by atoms with Gasteiger partial charge < -0.3 is 9.26 Å². The molecule has 29 heavy (non-hydrogen) atoms. The lowest BCUT2D eigenvalue weighted by Gasteiger charge is -2.15. The normalized spacial score (nSPS) is 11.7. The molecule has 0 radical (unpaired) electrons. The van der Waals surface area contributed by atoms with Gasteiger partial charge in [0.05, 0.1) is 0 Å². The van der Waals surface area contributed by atoms with E-state index in [1.807, 2.05) is 0 Å². The van der Waals surface area contributed by atoms with Gasteiger partial charge in [-0.15, -0.1) is 11.3 Å². The fraction of sp³-hybridized carbons (Fsp3) is 0.278. The Morgan fingerprint density at radius 2 is 2.03 bits per heavy atom. The molecule has 0 fully saturated rings. The second kappa shape index (κ2) is 9.25. The summed E-state index contributed by atoms with van der Waals surface area (Å²) >= 11 is 1.14. The van der Waals surface area contributed by atoms with Crippen LogP contribution in [0.15, 0.2) is 50.5 Å². The second-order valence-electron chi connectivity index (χ2n) is 6.04. The number of nitrogens with zero attached hydrogens (tertiary/aromatic N) is 3. The molecule has 0 saturated carbocycles. The minimum atomic E-state index is -3.53. The Bertz CT molecular complexity index is 1050. The van der Waals surface area contributed by atoms with Crippen LogP contribution in [0.1, 0.15) is 18.7 Å². The minimum absolute atomic E-state index is 0.0449. The molecule has 2 heterocycles. The fourth-order valence-corrected chi connectivity index (χ4v) is 4.78. The zero-order valence-electron chi connectivity index (χ0n) is 15.4. The van der Waals surface area contributed by atoms with E-state index < -0.39 is 16.0 Å². The van der Waals surface area contributed by atoms with Crippen LogP contribution in [-0.4, -0.2) is 42.4 Å². The van der Waals surface area contributed by atoms with Gasteiger partial charge in [-0.3, -0.25) is 4.79 Å². The molecule has 0 saturated heterocycles. The number of esters is 1. The Labute approximate surface area is 171 Å². The van der Waals surface area contributed by atoms with Gasteiger partial charge in [0.2, 0.25) is 5.82 Å². The number of aromatic nitrogens is 2. The highest BCUT2D eigenvalue weighted by Gasteiger charge is 2.21. The van der Waals surface area contributed by atoms with Crippen molar-refractivity contribution in [3.8, 4) is 11.4 Å². The molecular weight excluding hydrogens is 421 g/mol. The highest BCUT2D eigenvalue weighted by Crippen LogP contribution is 2.20. The fourth-order valence-electron chi connectivity index (χ4n) is 2.37. The average molecular weight is 439 g/mol. The summed E-state index contributed by atoms with van der Waals surface area (Å²) in [6, 6.07) is 8.78. The zero-order chi connectivity index (χ0) is 20.9. The van der Waals surface area contributed by atoms with E-state index in [4.69, 9.17) is 9.26 Å². The molecule has 0 bridgehead atoms. The van der Waals surface area contributed by atoms with Gasteiger partial charge in [0.15, 0.2) is 6.61 Å². The van der Waals surface area contributed by atoms with E-state index >= 15 is 0 Å². The van der Waals surface area contributed by atoms with Gasteiger partial charge in [-0.05, 0) is 42.1 Å². The van der Waals surface area contributed by atoms with Crippen molar-refractivity contribution in [3.05, 3.63) is 53.5 Å². The van der Waals surface area contributed by atoms with Crippen LogP contribution in [0.5, 0.6) is 0 Å². The number of rotatable bonds is 9. The van der Waals surface area contributed by atoms with Crippen molar-refractivity contribution >= 4 is 27.3 Å². The Hall–Kier alpha value is -2.63. The van der Waals surface area contributed by atoms with Crippen LogP contribution in [0, 0.1) is 5.82 Å². The van der Waals surface area contributed by atoms with Gasteiger partial charge in [-0.25, -0.2) is 17.1 Å². The van der Waals surface area contributed by atoms with Crippen LogP contribution < -0.4 is 0 Å². The third kappa shape index (κ3) is 5.46. The molecule has 8 nitrogen and oxygen atoms in total. The Morgan fingerprint density at radius 1 is 1.28 bits per heavy atom. The van der Waals surface area contributed by atoms with E-state index in [9.17, 15) is 17.6 Å². The number of carbonyl (C=O) groups excluding carboxylic acids is 1. The molecule has 2 aromatic heterocycles. The van der Waals surface area contributed by atoms with Crippen LogP contribution in [-0.2, 0) is 26.2 Å². The Kier molecular flexibility index (Phi) is 6.72. The molecule has 0 aliphatic rings. The maximum absolute atomic E-state index is 12.9. The van der Waals surface area contributed by atoms with Gasteiger partial charge >= 0.3 is 5.97 Å². The van der Waals surface area contributed by atoms with Gasteiger partial charge in [0.1, 0.15) is 10.0 Å². The summed E-state index contributed by atoms with van der Waals surface area (Å²) in [5.41, 5.74) is 0.572. The maximum Gasteiger partial charge on any atom is 0.306 e. The standard InChI is InChI=1S/C18H18FN3O5S2/c1-22(29(24,25)17-5-3-11-28-17)10-2-4-16(23)26-12-15-20-18(21-27-15)13-6-8-14(19)9-7-13/h3,5-9,11H,2,4,10,12H2,1H3. The first-order chi connectivity index (χ1) is 13.9. The molecule has 0 aliphatic heterocycles. The van der Waals surface area contributed by atoms with Crippen molar-refractivity contribution in [1.29, 1.82) is 0 Å². The first kappa shape index (κ1) is 21.1. The minimum Gasteiger partial charge on any atom is -0.456 e. The molecule has 0 spiro atoms. The monoisotopic (exact) mass is 439 g/mol. The lowest BCUT2D eigenvalue weighted by atomic mass is 10.2. The lowest BCUT2D eigenvalue weighted by Crippen LogP contribution is -2.27. The van der Waals surface area contributed by atoms with Crippen molar-refractivity contribution in [2.45, 2.75) is 23.7 Å². The first-order valence-electron chi connectivity index (χ1n) is 8.60. The van der Waals surface area contributed by atoms with Crippen LogP contribution in [0.25, 0.3) is 11.4 Å². The third-order valence-corrected chi connectivity index (χ3v) is 7.17. The average Bonchev–Trinajstić information content (AvgIpc) is 3.39. The van der Waals surface area contributed by atoms with Gasteiger partial charge in [0.25, 0.3) is 15.9 Å². The molecule has 1 aromatic carbocycles. The summed E-state index contributed by atoms with van der Waals surface area (Å²) in [4.78, 5) is 16.0. The molecule has 154 valence electrons. The zero-order valence-corrected chi connectivity index (χ0v) is 17.1. The van der Waals surface area contributed by atoms with Crippen molar-refractivity contribution in [2.75, 3.05) is 13.6 Å². The number of benzene rings is 1. The van der Waals surface area contributed by atoms with E-state index in [-0.39, 0.29) is 41.3 Å². The summed E-state index contributed by atoms with van der Waals surface area (Å²) in [6.45, 7) is -0.0129. The molecule has 11 heteroatoms. The number of sulfonamides is 1. The third-order valence-electron chi connectivity index (χ3n) is 3.94. The van der Waals surface area contributed by atoms with Crippen molar-refractivity contribution in [3.63, 3.8) is 0 Å². The molecule has 0 amide bonds. The predicted octanol–water partition coefficient (Wildman–Crippen LogP) is 3.08. The second-order valence-corrected chi connectivity index (χ2v) is 9.26. The molecule has 3 rings (SSSR count). The Morgan fingerprint density at radius 3 is 2.72 bits per heavy atom. The van der Waals surface area contributed by atoms with Crippen molar-refractivity contribution < 1.29 is 26.9 Å². The summed E-state index contributed by atoms with van der Waals surface area (Å²) in [5.74, 6) is -0.514. The summed E-state index contributed by atoms with van der Waals surface area (Å²) < 4.78 is 49.1. The number of hydrogen-bond acceptors (Lipinski definition) is 8. The number of ether oxygens (including phenoxy) is 1. The Balaban J connectivity index is 1.43. The molecule has 0 N–H and O–H groups in total. The molecule has 0 aliphatic carbocycles. The summed E-state index contributed by atoms with van der Waals surface area (Å²) in [5, 5.41) is 5.45. The van der Waals surface area contributed by atoms with Gasteiger partial charge in [-0.1, -0.05) is 11.2 Å². The smallest absolute Gasteiger partial charge is 0.306 e. The molecule has 0 unspecified atom stereocenters. The summed E-state index contributed by atoms with van der Waals surface area (Å²) in [7, 11) is -2.06. The van der Waals surface area contributed by atoms with Crippen molar-refractivity contribution in [2.24, 2.45) is 0 Å². The lowest BCUT2D eigenvalue weighted by molar-refractivity contribution is -0.145. The first-order valence-corrected chi connectivity index (χ1v) is 10.9. The number of thiophene rings is 1.